The van der Waals surface area contributed by atoms with Gasteiger partial charge in [-0.2, -0.15) is 0 Å². The van der Waals surface area contributed by atoms with Gasteiger partial charge in [-0.15, -0.1) is 0 Å². The first-order valence-corrected chi connectivity index (χ1v) is 14.1. The van der Waals surface area contributed by atoms with Crippen LogP contribution in [0.1, 0.15) is 60.3 Å². The molecule has 3 unspecified atom stereocenters. The van der Waals surface area contributed by atoms with Gasteiger partial charge in [-0.25, -0.2) is 9.10 Å². The van der Waals surface area contributed by atoms with Gasteiger partial charge in [0.05, 0.1) is 12.0 Å². The van der Waals surface area contributed by atoms with Crippen LogP contribution >= 0.6 is 23.9 Å². The molecule has 7 nitrogen and oxygen atoms in total. The van der Waals surface area contributed by atoms with Crippen LogP contribution < -0.4 is 5.32 Å². The molecular weight excluding hydrogens is 456 g/mol. The van der Waals surface area contributed by atoms with Crippen LogP contribution in [0.25, 0.3) is 0 Å². The normalized spacial score (nSPS) is 26.8. The van der Waals surface area contributed by atoms with E-state index < -0.39 is 5.60 Å². The van der Waals surface area contributed by atoms with Gasteiger partial charge in [0.2, 0.25) is 5.91 Å². The highest BCUT2D eigenvalue weighted by molar-refractivity contribution is 7.98. The zero-order valence-corrected chi connectivity index (χ0v) is 22.6. The van der Waals surface area contributed by atoms with Crippen LogP contribution in [0.3, 0.4) is 0 Å². The van der Waals surface area contributed by atoms with Crippen molar-refractivity contribution in [2.75, 3.05) is 39.3 Å². The van der Waals surface area contributed by atoms with E-state index in [0.29, 0.717) is 23.6 Å². The quantitative estimate of drug-likeness (QED) is 0.398. The molecule has 2 aliphatic heterocycles. The minimum atomic E-state index is -0.493. The molecule has 0 spiro atoms. The molecule has 0 aromatic heterocycles. The summed E-state index contributed by atoms with van der Waals surface area (Å²) in [4.78, 5) is 26.6. The standard InChI is InChI=1S/C24H42N4O3S2/c1-6-27(7-2)32-20-10-12-21(13-11-20)33-28-14-8-9-18(15-28)22(29)25-19-16-26(17-19)23(30)31-24(3,4)5/h10,12,18-21H,6-9,11,13-17H2,1-5H3,(H,25,29). The first kappa shape index (κ1) is 26.7. The smallest absolute Gasteiger partial charge is 0.410 e. The Balaban J connectivity index is 1.38. The van der Waals surface area contributed by atoms with E-state index in [4.69, 9.17) is 4.74 Å². The Kier molecular flexibility index (Phi) is 9.85. The van der Waals surface area contributed by atoms with Crippen molar-refractivity contribution in [1.82, 2.24) is 18.8 Å². The Hall–Kier alpha value is -0.900. The fourth-order valence-corrected chi connectivity index (χ4v) is 6.69. The number of amides is 2. The maximum absolute atomic E-state index is 12.8. The van der Waals surface area contributed by atoms with E-state index in [-0.39, 0.29) is 24.0 Å². The molecular formula is C24H42N4O3S2. The number of nitrogens with zero attached hydrogens (tertiary/aromatic N) is 3. The Bertz CT molecular complexity index is 690. The Morgan fingerprint density at radius 2 is 1.73 bits per heavy atom. The molecule has 2 amide bonds. The summed E-state index contributed by atoms with van der Waals surface area (Å²) in [6.45, 7) is 15.1. The highest BCUT2D eigenvalue weighted by Gasteiger charge is 2.36. The lowest BCUT2D eigenvalue weighted by Gasteiger charge is -2.41. The van der Waals surface area contributed by atoms with Gasteiger partial charge in [0.25, 0.3) is 0 Å². The number of carbonyl (C=O) groups is 2. The van der Waals surface area contributed by atoms with Crippen LogP contribution in [0.5, 0.6) is 0 Å². The fourth-order valence-electron chi connectivity index (χ4n) is 4.32. The van der Waals surface area contributed by atoms with E-state index in [1.54, 1.807) is 4.90 Å². The van der Waals surface area contributed by atoms with Gasteiger partial charge in [-0.1, -0.05) is 49.9 Å². The van der Waals surface area contributed by atoms with E-state index in [9.17, 15) is 9.59 Å². The third kappa shape index (κ3) is 8.37. The zero-order valence-electron chi connectivity index (χ0n) is 20.9. The Morgan fingerprint density at radius 1 is 1.06 bits per heavy atom. The molecule has 0 bridgehead atoms. The van der Waals surface area contributed by atoms with Gasteiger partial charge in [0.15, 0.2) is 0 Å². The molecule has 1 N–H and O–H groups in total. The average Bonchev–Trinajstić information content (AvgIpc) is 2.74. The van der Waals surface area contributed by atoms with E-state index >= 15 is 0 Å². The number of ether oxygens (including phenoxy) is 1. The van der Waals surface area contributed by atoms with Crippen LogP contribution in [-0.4, -0.2) is 86.9 Å². The van der Waals surface area contributed by atoms with E-state index in [0.717, 1.165) is 39.0 Å². The predicted molar refractivity (Wildman–Crippen MR) is 138 cm³/mol. The number of rotatable bonds is 8. The van der Waals surface area contributed by atoms with Crippen LogP contribution in [0.4, 0.5) is 4.79 Å². The van der Waals surface area contributed by atoms with Crippen LogP contribution in [0.2, 0.25) is 0 Å². The monoisotopic (exact) mass is 498 g/mol. The second-order valence-electron chi connectivity index (χ2n) is 10.2. The SMILES string of the molecule is CCN(CC)SC1C=CC(SN2CCCC(C(=O)NC3CN(C(=O)OC(C)(C)C)C3)C2)CC1. The maximum atomic E-state index is 12.8. The fraction of sp³-hybridized carbons (Fsp3) is 0.833. The summed E-state index contributed by atoms with van der Waals surface area (Å²) in [5.41, 5.74) is -0.493. The maximum Gasteiger partial charge on any atom is 0.410 e. The summed E-state index contributed by atoms with van der Waals surface area (Å²) in [6, 6.07) is 0.0366. The van der Waals surface area contributed by atoms with Gasteiger partial charge in [-0.3, -0.25) is 9.10 Å². The lowest BCUT2D eigenvalue weighted by atomic mass is 9.97. The molecule has 3 atom stereocenters. The Labute approximate surface area is 208 Å². The first-order chi connectivity index (χ1) is 15.7. The van der Waals surface area contributed by atoms with Crippen molar-refractivity contribution in [3.63, 3.8) is 0 Å². The molecule has 33 heavy (non-hydrogen) atoms. The molecule has 188 valence electrons. The second kappa shape index (κ2) is 12.2. The molecule has 2 saturated heterocycles. The van der Waals surface area contributed by atoms with Gasteiger partial charge >= 0.3 is 6.09 Å². The first-order valence-electron chi connectivity index (χ1n) is 12.5. The Morgan fingerprint density at radius 3 is 2.33 bits per heavy atom. The van der Waals surface area contributed by atoms with Crippen molar-refractivity contribution in [1.29, 1.82) is 0 Å². The van der Waals surface area contributed by atoms with Gasteiger partial charge < -0.3 is 15.0 Å². The number of carbonyl (C=O) groups excluding carboxylic acids is 2. The zero-order chi connectivity index (χ0) is 24.0. The molecule has 9 heteroatoms. The van der Waals surface area contributed by atoms with Gasteiger partial charge in [0, 0.05) is 49.8 Å². The summed E-state index contributed by atoms with van der Waals surface area (Å²) in [6.07, 6.45) is 8.85. The summed E-state index contributed by atoms with van der Waals surface area (Å²) in [7, 11) is 0. The molecule has 1 aliphatic carbocycles. The highest BCUT2D eigenvalue weighted by atomic mass is 32.2. The third-order valence-electron chi connectivity index (χ3n) is 6.18. The summed E-state index contributed by atoms with van der Waals surface area (Å²) >= 11 is 3.89. The van der Waals surface area contributed by atoms with E-state index in [1.807, 2.05) is 44.7 Å². The third-order valence-corrected chi connectivity index (χ3v) is 8.96. The molecule has 3 rings (SSSR count). The van der Waals surface area contributed by atoms with E-state index in [1.165, 1.54) is 12.8 Å². The number of hydrogen-bond acceptors (Lipinski definition) is 7. The lowest BCUT2D eigenvalue weighted by molar-refractivity contribution is -0.128. The largest absolute Gasteiger partial charge is 0.444 e. The van der Waals surface area contributed by atoms with Crippen LogP contribution in [0, 0.1) is 5.92 Å². The highest BCUT2D eigenvalue weighted by Crippen LogP contribution is 2.34. The van der Waals surface area contributed by atoms with Crippen molar-refractivity contribution >= 4 is 35.9 Å². The lowest BCUT2D eigenvalue weighted by Crippen LogP contribution is -2.62. The topological polar surface area (TPSA) is 65.1 Å². The number of nitrogens with one attached hydrogen (secondary N) is 1. The van der Waals surface area contributed by atoms with Gasteiger partial charge in [0.1, 0.15) is 5.60 Å². The van der Waals surface area contributed by atoms with E-state index in [2.05, 4.69) is 39.9 Å². The second-order valence-corrected chi connectivity index (χ2v) is 12.8. The van der Waals surface area contributed by atoms with Crippen molar-refractivity contribution in [3.05, 3.63) is 12.2 Å². The van der Waals surface area contributed by atoms with Gasteiger partial charge in [-0.05, 0) is 46.5 Å². The summed E-state index contributed by atoms with van der Waals surface area (Å²) in [5, 5.41) is 4.24. The molecule has 0 aromatic carbocycles. The molecule has 3 aliphatic rings. The van der Waals surface area contributed by atoms with Crippen molar-refractivity contribution < 1.29 is 14.3 Å². The molecule has 0 aromatic rings. The minimum Gasteiger partial charge on any atom is -0.444 e. The van der Waals surface area contributed by atoms with Crippen LogP contribution in [0.15, 0.2) is 12.2 Å². The average molecular weight is 499 g/mol. The molecule has 0 saturated carbocycles. The minimum absolute atomic E-state index is 0.0281. The van der Waals surface area contributed by atoms with Crippen LogP contribution in [-0.2, 0) is 9.53 Å². The number of hydrogen-bond donors (Lipinski definition) is 1. The summed E-state index contributed by atoms with van der Waals surface area (Å²) in [5.74, 6) is 0.157. The molecule has 2 heterocycles. The number of piperidine rings is 1. The summed E-state index contributed by atoms with van der Waals surface area (Å²) < 4.78 is 10.2. The number of likely N-dealkylation sites (tertiary alicyclic amines) is 1. The van der Waals surface area contributed by atoms with Crippen molar-refractivity contribution in [2.45, 2.75) is 82.4 Å². The van der Waals surface area contributed by atoms with Crippen molar-refractivity contribution in [3.8, 4) is 0 Å². The molecule has 0 radical (unpaired) electrons. The van der Waals surface area contributed by atoms with Crippen molar-refractivity contribution in [2.24, 2.45) is 5.92 Å². The molecule has 2 fully saturated rings. The predicted octanol–water partition coefficient (Wildman–Crippen LogP) is 4.16.